The largest absolute Gasteiger partial charge is 0.490 e. The third-order valence-electron chi connectivity index (χ3n) is 2.50. The molecule has 0 unspecified atom stereocenters. The maximum Gasteiger partial charge on any atom is 0.433 e. The third-order valence-corrected chi connectivity index (χ3v) is 2.50. The van der Waals surface area contributed by atoms with Crippen LogP contribution in [-0.4, -0.2) is 16.6 Å². The van der Waals surface area contributed by atoms with Crippen molar-refractivity contribution in [2.75, 3.05) is 6.61 Å². The zero-order valence-corrected chi connectivity index (χ0v) is 11.4. The van der Waals surface area contributed by atoms with Crippen molar-refractivity contribution in [3.8, 4) is 23.6 Å². The Morgan fingerprint density at radius 3 is 2.64 bits per heavy atom. The lowest BCUT2D eigenvalue weighted by Crippen LogP contribution is -2.09. The molecule has 2 aromatic rings. The van der Waals surface area contributed by atoms with Crippen LogP contribution in [0.1, 0.15) is 18.2 Å². The Morgan fingerprint density at radius 2 is 2.00 bits per heavy atom. The van der Waals surface area contributed by atoms with Gasteiger partial charge in [0.15, 0.2) is 17.2 Å². The summed E-state index contributed by atoms with van der Waals surface area (Å²) in [6.45, 7) is 2.03. The molecule has 0 spiro atoms. The van der Waals surface area contributed by atoms with Gasteiger partial charge in [0.1, 0.15) is 0 Å². The minimum absolute atomic E-state index is 0.125. The monoisotopic (exact) mass is 309 g/mol. The first-order valence-corrected chi connectivity index (χ1v) is 6.19. The quantitative estimate of drug-likeness (QED) is 0.864. The van der Waals surface area contributed by atoms with E-state index in [9.17, 15) is 13.2 Å². The van der Waals surface area contributed by atoms with E-state index in [-0.39, 0.29) is 11.5 Å². The molecular weight excluding hydrogens is 299 g/mol. The Bertz CT molecular complexity index is 711. The van der Waals surface area contributed by atoms with Gasteiger partial charge in [-0.1, -0.05) is 0 Å². The van der Waals surface area contributed by atoms with E-state index in [4.69, 9.17) is 14.7 Å². The summed E-state index contributed by atoms with van der Waals surface area (Å²) in [6, 6.07) is 6.50. The van der Waals surface area contributed by atoms with Crippen LogP contribution in [0.3, 0.4) is 0 Å². The Kier molecular flexibility index (Phi) is 4.46. The number of ether oxygens (including phenoxy) is 2. The summed E-state index contributed by atoms with van der Waals surface area (Å²) < 4.78 is 48.3. The van der Waals surface area contributed by atoms with Crippen molar-refractivity contribution in [1.82, 2.24) is 9.97 Å². The van der Waals surface area contributed by atoms with Crippen LogP contribution in [0.2, 0.25) is 0 Å². The minimum atomic E-state index is -4.59. The van der Waals surface area contributed by atoms with Gasteiger partial charge in [-0.25, -0.2) is 4.98 Å². The van der Waals surface area contributed by atoms with Crippen LogP contribution in [0.5, 0.6) is 17.5 Å². The van der Waals surface area contributed by atoms with Crippen molar-refractivity contribution >= 4 is 0 Å². The second-order valence-electron chi connectivity index (χ2n) is 4.03. The number of nitrogens with zero attached hydrogens (tertiary/aromatic N) is 3. The highest BCUT2D eigenvalue weighted by Crippen LogP contribution is 2.33. The topological polar surface area (TPSA) is 68.0 Å². The van der Waals surface area contributed by atoms with E-state index in [1.54, 1.807) is 6.92 Å². The van der Waals surface area contributed by atoms with Crippen LogP contribution in [0.4, 0.5) is 13.2 Å². The summed E-state index contributed by atoms with van der Waals surface area (Å²) in [7, 11) is 0. The number of benzene rings is 1. The first kappa shape index (κ1) is 15.6. The Balaban J connectivity index is 2.33. The van der Waals surface area contributed by atoms with Crippen LogP contribution in [-0.2, 0) is 6.18 Å². The molecule has 0 amide bonds. The maximum absolute atomic E-state index is 12.6. The van der Waals surface area contributed by atoms with Crippen molar-refractivity contribution in [3.05, 3.63) is 41.7 Å². The summed E-state index contributed by atoms with van der Waals surface area (Å²) in [6.07, 6.45) is -3.64. The van der Waals surface area contributed by atoms with Crippen molar-refractivity contribution in [3.63, 3.8) is 0 Å². The summed E-state index contributed by atoms with van der Waals surface area (Å²) in [5.41, 5.74) is -0.773. The van der Waals surface area contributed by atoms with E-state index in [2.05, 4.69) is 9.97 Å². The summed E-state index contributed by atoms with van der Waals surface area (Å²) in [4.78, 5) is 6.94. The molecule has 0 aliphatic carbocycles. The molecule has 0 N–H and O–H groups in total. The van der Waals surface area contributed by atoms with Crippen LogP contribution < -0.4 is 9.47 Å². The highest BCUT2D eigenvalue weighted by molar-refractivity contribution is 5.47. The van der Waals surface area contributed by atoms with Gasteiger partial charge in [-0.05, 0) is 25.1 Å². The molecule has 0 saturated heterocycles. The van der Waals surface area contributed by atoms with Crippen LogP contribution >= 0.6 is 0 Å². The van der Waals surface area contributed by atoms with Crippen molar-refractivity contribution < 1.29 is 22.6 Å². The molecule has 0 fully saturated rings. The highest BCUT2D eigenvalue weighted by Gasteiger charge is 2.33. The lowest BCUT2D eigenvalue weighted by Gasteiger charge is -2.11. The molecule has 8 heteroatoms. The zero-order valence-electron chi connectivity index (χ0n) is 11.4. The molecule has 1 heterocycles. The average molecular weight is 309 g/mol. The highest BCUT2D eigenvalue weighted by atomic mass is 19.4. The summed E-state index contributed by atoms with van der Waals surface area (Å²) in [5, 5.41) is 8.84. The molecular formula is C14H10F3N3O2. The normalized spacial score (nSPS) is 10.9. The van der Waals surface area contributed by atoms with Crippen molar-refractivity contribution in [1.29, 1.82) is 5.26 Å². The number of aromatic nitrogens is 2. The molecule has 0 radical (unpaired) electrons. The van der Waals surface area contributed by atoms with Gasteiger partial charge in [-0.2, -0.15) is 23.4 Å². The number of hydrogen-bond donors (Lipinski definition) is 0. The molecule has 2 rings (SSSR count). The predicted octanol–water partition coefficient (Wildman–Crippen LogP) is 3.56. The molecule has 5 nitrogen and oxygen atoms in total. The molecule has 1 aromatic heterocycles. The van der Waals surface area contributed by atoms with Gasteiger partial charge in [-0.15, -0.1) is 0 Å². The van der Waals surface area contributed by atoms with Crippen LogP contribution in [0, 0.1) is 11.3 Å². The lowest BCUT2D eigenvalue weighted by atomic mass is 10.2. The smallest absolute Gasteiger partial charge is 0.433 e. The fourth-order valence-corrected chi connectivity index (χ4v) is 1.58. The van der Waals surface area contributed by atoms with Gasteiger partial charge in [-0.3, -0.25) is 0 Å². The standard InChI is InChI=1S/C14H10F3N3O2/c1-2-21-11-7-9(8-18)3-4-10(11)22-13-19-6-5-12(20-13)14(15,16)17/h3-7H,2H2,1H3. The number of halogens is 3. The van der Waals surface area contributed by atoms with Gasteiger partial charge in [0, 0.05) is 12.3 Å². The Labute approximate surface area is 124 Å². The first-order valence-electron chi connectivity index (χ1n) is 6.19. The van der Waals surface area contributed by atoms with Gasteiger partial charge < -0.3 is 9.47 Å². The zero-order chi connectivity index (χ0) is 16.2. The number of alkyl halides is 3. The molecule has 0 saturated carbocycles. The average Bonchev–Trinajstić information content (AvgIpc) is 2.49. The van der Waals surface area contributed by atoms with E-state index in [0.717, 1.165) is 12.3 Å². The van der Waals surface area contributed by atoms with E-state index in [1.807, 2.05) is 6.07 Å². The SMILES string of the molecule is CCOc1cc(C#N)ccc1Oc1nccc(C(F)(F)F)n1. The molecule has 0 bridgehead atoms. The molecule has 114 valence electrons. The molecule has 0 aliphatic heterocycles. The fourth-order valence-electron chi connectivity index (χ4n) is 1.58. The molecule has 0 atom stereocenters. The summed E-state index contributed by atoms with van der Waals surface area (Å²) >= 11 is 0. The van der Waals surface area contributed by atoms with Crippen LogP contribution in [0.25, 0.3) is 0 Å². The van der Waals surface area contributed by atoms with Crippen molar-refractivity contribution in [2.45, 2.75) is 13.1 Å². The van der Waals surface area contributed by atoms with Gasteiger partial charge in [0.25, 0.3) is 0 Å². The van der Waals surface area contributed by atoms with Crippen LogP contribution in [0.15, 0.2) is 30.5 Å². The lowest BCUT2D eigenvalue weighted by molar-refractivity contribution is -0.141. The third kappa shape index (κ3) is 3.63. The van der Waals surface area contributed by atoms with Gasteiger partial charge in [0.05, 0.1) is 18.2 Å². The fraction of sp³-hybridized carbons (Fsp3) is 0.214. The van der Waals surface area contributed by atoms with E-state index < -0.39 is 17.9 Å². The van der Waals surface area contributed by atoms with Crippen molar-refractivity contribution in [2.24, 2.45) is 0 Å². The second-order valence-corrected chi connectivity index (χ2v) is 4.03. The minimum Gasteiger partial charge on any atom is -0.490 e. The number of hydrogen-bond acceptors (Lipinski definition) is 5. The molecule has 1 aromatic carbocycles. The number of nitriles is 1. The van der Waals surface area contributed by atoms with Gasteiger partial charge in [0.2, 0.25) is 0 Å². The molecule has 22 heavy (non-hydrogen) atoms. The van der Waals surface area contributed by atoms with E-state index in [0.29, 0.717) is 12.2 Å². The van der Waals surface area contributed by atoms with Gasteiger partial charge >= 0.3 is 12.2 Å². The maximum atomic E-state index is 12.6. The number of rotatable bonds is 4. The second kappa shape index (κ2) is 6.30. The Hall–Kier alpha value is -2.82. The Morgan fingerprint density at radius 1 is 1.23 bits per heavy atom. The molecule has 0 aliphatic rings. The summed E-state index contributed by atoms with van der Waals surface area (Å²) in [5.74, 6) is 0.350. The predicted molar refractivity (Wildman–Crippen MR) is 69.4 cm³/mol. The first-order chi connectivity index (χ1) is 10.4. The van der Waals surface area contributed by atoms with E-state index in [1.165, 1.54) is 18.2 Å². The van der Waals surface area contributed by atoms with E-state index >= 15 is 0 Å².